The zero-order chi connectivity index (χ0) is 20.4. The van der Waals surface area contributed by atoms with E-state index in [-0.39, 0.29) is 12.1 Å². The number of carboxylic acids is 1. The summed E-state index contributed by atoms with van der Waals surface area (Å²) in [4.78, 5) is 34.2. The molecule has 2 aromatic rings. The molecule has 0 saturated heterocycles. The van der Waals surface area contributed by atoms with Crippen LogP contribution in [0.2, 0.25) is 0 Å². The third kappa shape index (κ3) is 6.75. The van der Waals surface area contributed by atoms with Crippen molar-refractivity contribution < 1.29 is 24.2 Å². The number of amides is 2. The van der Waals surface area contributed by atoms with Gasteiger partial charge in [-0.3, -0.25) is 9.59 Å². The number of nitrogens with zero attached hydrogens (tertiary/aromatic N) is 1. The number of hydrazone groups is 1. The largest absolute Gasteiger partial charge is 0.497 e. The average Bonchev–Trinajstić information content (AvgIpc) is 2.71. The van der Waals surface area contributed by atoms with Gasteiger partial charge in [0.05, 0.1) is 25.4 Å². The molecule has 0 spiro atoms. The SMILES string of the molecule is COc1ccc(/C=C/C(=O)NCC(=O)N/N=C\c2ccc(C(=O)O)cc2)cc1. The van der Waals surface area contributed by atoms with Crippen LogP contribution in [0.4, 0.5) is 0 Å². The lowest BCUT2D eigenvalue weighted by Gasteiger charge is -2.01. The Morgan fingerprint density at radius 3 is 2.29 bits per heavy atom. The van der Waals surface area contributed by atoms with Crippen molar-refractivity contribution in [2.75, 3.05) is 13.7 Å². The van der Waals surface area contributed by atoms with Crippen LogP contribution in [0.1, 0.15) is 21.5 Å². The predicted octanol–water partition coefficient (Wildman–Crippen LogP) is 1.67. The van der Waals surface area contributed by atoms with Gasteiger partial charge in [-0.2, -0.15) is 5.10 Å². The number of carboxylic acid groups (broad SMARTS) is 1. The summed E-state index contributed by atoms with van der Waals surface area (Å²) in [5.41, 5.74) is 3.87. The van der Waals surface area contributed by atoms with E-state index in [9.17, 15) is 14.4 Å². The summed E-state index contributed by atoms with van der Waals surface area (Å²) in [7, 11) is 1.57. The zero-order valence-electron chi connectivity index (χ0n) is 15.1. The molecule has 2 aromatic carbocycles. The van der Waals surface area contributed by atoms with Crippen molar-refractivity contribution in [1.82, 2.24) is 10.7 Å². The van der Waals surface area contributed by atoms with Gasteiger partial charge in [0.25, 0.3) is 5.91 Å². The molecule has 144 valence electrons. The standard InChI is InChI=1S/C20H19N3O5/c1-28-17-9-4-14(5-10-17)6-11-18(24)21-13-19(25)23-22-12-15-2-7-16(8-3-15)20(26)27/h2-12H,13H2,1H3,(H,21,24)(H,23,25)(H,26,27)/b11-6+,22-12-. The molecule has 0 aliphatic heterocycles. The topological polar surface area (TPSA) is 117 Å². The summed E-state index contributed by atoms with van der Waals surface area (Å²) >= 11 is 0. The van der Waals surface area contributed by atoms with Gasteiger partial charge in [0, 0.05) is 6.08 Å². The molecule has 0 aliphatic carbocycles. The van der Waals surface area contributed by atoms with Gasteiger partial charge < -0.3 is 15.2 Å². The first kappa shape index (κ1) is 20.4. The lowest BCUT2D eigenvalue weighted by atomic mass is 10.1. The van der Waals surface area contributed by atoms with Crippen molar-refractivity contribution in [2.24, 2.45) is 5.10 Å². The molecule has 8 heteroatoms. The van der Waals surface area contributed by atoms with E-state index in [4.69, 9.17) is 9.84 Å². The minimum atomic E-state index is -1.02. The minimum absolute atomic E-state index is 0.159. The molecule has 0 bridgehead atoms. The van der Waals surface area contributed by atoms with Crippen LogP contribution in [0.25, 0.3) is 6.08 Å². The molecule has 3 N–H and O–H groups in total. The molecule has 0 fully saturated rings. The maximum atomic E-state index is 11.7. The van der Waals surface area contributed by atoms with Crippen LogP contribution >= 0.6 is 0 Å². The first-order valence-electron chi connectivity index (χ1n) is 8.23. The molecule has 28 heavy (non-hydrogen) atoms. The van der Waals surface area contributed by atoms with E-state index in [0.29, 0.717) is 5.56 Å². The number of hydrogen-bond acceptors (Lipinski definition) is 5. The molecule has 0 saturated carbocycles. The summed E-state index contributed by atoms with van der Waals surface area (Å²) in [5, 5.41) is 15.0. The average molecular weight is 381 g/mol. The third-order valence-electron chi connectivity index (χ3n) is 3.53. The Hall–Kier alpha value is -3.94. The maximum Gasteiger partial charge on any atom is 0.335 e. The van der Waals surface area contributed by atoms with Crippen molar-refractivity contribution in [1.29, 1.82) is 0 Å². The molecule has 0 unspecified atom stereocenters. The molecule has 2 amide bonds. The molecule has 0 aliphatic rings. The fourth-order valence-electron chi connectivity index (χ4n) is 2.04. The quantitative estimate of drug-likeness (QED) is 0.365. The van der Waals surface area contributed by atoms with Gasteiger partial charge in [-0.1, -0.05) is 24.3 Å². The summed E-state index contributed by atoms with van der Waals surface area (Å²) in [6, 6.07) is 13.1. The van der Waals surface area contributed by atoms with Crippen LogP contribution in [0.3, 0.4) is 0 Å². The van der Waals surface area contributed by atoms with Crippen molar-refractivity contribution in [2.45, 2.75) is 0 Å². The predicted molar refractivity (Wildman–Crippen MR) is 104 cm³/mol. The number of hydrogen-bond donors (Lipinski definition) is 3. The summed E-state index contributed by atoms with van der Waals surface area (Å²) in [5.74, 6) is -1.21. The maximum absolute atomic E-state index is 11.7. The summed E-state index contributed by atoms with van der Waals surface area (Å²) in [6.07, 6.45) is 4.31. The Morgan fingerprint density at radius 2 is 1.68 bits per heavy atom. The van der Waals surface area contributed by atoms with Crippen LogP contribution in [0.15, 0.2) is 59.7 Å². The minimum Gasteiger partial charge on any atom is -0.497 e. The highest BCUT2D eigenvalue weighted by Gasteiger charge is 2.03. The second kappa shape index (κ2) is 10.3. The highest BCUT2D eigenvalue weighted by atomic mass is 16.5. The Bertz CT molecular complexity index is 887. The van der Waals surface area contributed by atoms with Gasteiger partial charge in [-0.15, -0.1) is 0 Å². The van der Waals surface area contributed by atoms with E-state index in [1.807, 2.05) is 0 Å². The molecule has 0 aromatic heterocycles. The molecule has 0 heterocycles. The van der Waals surface area contributed by atoms with Gasteiger partial charge in [0.2, 0.25) is 5.91 Å². The van der Waals surface area contributed by atoms with Crippen molar-refractivity contribution in [3.8, 4) is 5.75 Å². The van der Waals surface area contributed by atoms with E-state index in [1.54, 1.807) is 49.6 Å². The monoisotopic (exact) mass is 381 g/mol. The Kier molecular flexibility index (Phi) is 7.47. The van der Waals surface area contributed by atoms with Crippen molar-refractivity contribution >= 4 is 30.1 Å². The molecule has 2 rings (SSSR count). The van der Waals surface area contributed by atoms with Crippen molar-refractivity contribution in [3.05, 3.63) is 71.3 Å². The number of rotatable bonds is 8. The lowest BCUT2D eigenvalue weighted by Crippen LogP contribution is -2.34. The van der Waals surface area contributed by atoms with E-state index in [0.717, 1.165) is 11.3 Å². The molecular weight excluding hydrogens is 362 g/mol. The second-order valence-corrected chi connectivity index (χ2v) is 5.54. The number of ether oxygens (including phenoxy) is 1. The first-order valence-corrected chi connectivity index (χ1v) is 8.23. The molecule has 8 nitrogen and oxygen atoms in total. The lowest BCUT2D eigenvalue weighted by molar-refractivity contribution is -0.123. The van der Waals surface area contributed by atoms with E-state index >= 15 is 0 Å². The van der Waals surface area contributed by atoms with Crippen LogP contribution < -0.4 is 15.5 Å². The Morgan fingerprint density at radius 1 is 1.04 bits per heavy atom. The number of nitrogens with one attached hydrogen (secondary N) is 2. The smallest absolute Gasteiger partial charge is 0.335 e. The second-order valence-electron chi connectivity index (χ2n) is 5.54. The van der Waals surface area contributed by atoms with Crippen LogP contribution in [0.5, 0.6) is 5.75 Å². The molecular formula is C20H19N3O5. The summed E-state index contributed by atoms with van der Waals surface area (Å²) in [6.45, 7) is -0.235. The van der Waals surface area contributed by atoms with Gasteiger partial charge in [-0.05, 0) is 41.5 Å². The highest BCUT2D eigenvalue weighted by Crippen LogP contribution is 2.12. The first-order chi connectivity index (χ1) is 13.5. The number of methoxy groups -OCH3 is 1. The van der Waals surface area contributed by atoms with Gasteiger partial charge in [-0.25, -0.2) is 10.2 Å². The molecule has 0 atom stereocenters. The number of carbonyl (C=O) groups excluding carboxylic acids is 2. The Balaban J connectivity index is 1.74. The fraction of sp³-hybridized carbons (Fsp3) is 0.100. The number of aromatic carboxylic acids is 1. The summed E-state index contributed by atoms with van der Waals surface area (Å²) < 4.78 is 5.05. The highest BCUT2D eigenvalue weighted by molar-refractivity contribution is 5.94. The fourth-order valence-corrected chi connectivity index (χ4v) is 2.04. The van der Waals surface area contributed by atoms with Crippen LogP contribution in [0, 0.1) is 0 Å². The third-order valence-corrected chi connectivity index (χ3v) is 3.53. The van der Waals surface area contributed by atoms with Gasteiger partial charge >= 0.3 is 5.97 Å². The normalized spacial score (nSPS) is 10.8. The Labute approximate surface area is 161 Å². The number of carbonyl (C=O) groups is 3. The van der Waals surface area contributed by atoms with E-state index < -0.39 is 17.8 Å². The van der Waals surface area contributed by atoms with E-state index in [2.05, 4.69) is 15.8 Å². The van der Waals surface area contributed by atoms with Gasteiger partial charge in [0.1, 0.15) is 5.75 Å². The van der Waals surface area contributed by atoms with Gasteiger partial charge in [0.15, 0.2) is 0 Å². The van der Waals surface area contributed by atoms with Crippen LogP contribution in [-0.4, -0.2) is 42.8 Å². The van der Waals surface area contributed by atoms with Crippen LogP contribution in [-0.2, 0) is 9.59 Å². The van der Waals surface area contributed by atoms with E-state index in [1.165, 1.54) is 24.4 Å². The number of benzene rings is 2. The van der Waals surface area contributed by atoms with Crippen molar-refractivity contribution in [3.63, 3.8) is 0 Å². The zero-order valence-corrected chi connectivity index (χ0v) is 15.1. The molecule has 0 radical (unpaired) electrons.